The molecule has 3 fully saturated rings. The Bertz CT molecular complexity index is 330. The molecule has 0 bridgehead atoms. The van der Waals surface area contributed by atoms with Gasteiger partial charge in [0, 0.05) is 19.0 Å². The first-order chi connectivity index (χ1) is 9.24. The number of nitrogens with two attached hydrogens (primary N) is 1. The van der Waals surface area contributed by atoms with E-state index in [0.29, 0.717) is 24.9 Å². The van der Waals surface area contributed by atoms with Gasteiger partial charge in [-0.15, -0.1) is 0 Å². The number of hydrogen-bond acceptors (Lipinski definition) is 2. The lowest BCUT2D eigenvalue weighted by molar-refractivity contribution is -0.141. The molecule has 19 heavy (non-hydrogen) atoms. The molecule has 0 radical (unpaired) electrons. The zero-order chi connectivity index (χ0) is 13.3. The van der Waals surface area contributed by atoms with E-state index in [0.717, 1.165) is 25.3 Å². The number of likely N-dealkylation sites (tertiary alicyclic amines) is 1. The van der Waals surface area contributed by atoms with E-state index < -0.39 is 0 Å². The molecule has 3 nitrogen and oxygen atoms in total. The molecule has 2 N–H and O–H groups in total. The third-order valence-corrected chi connectivity index (χ3v) is 5.94. The summed E-state index contributed by atoms with van der Waals surface area (Å²) in [6, 6.07) is 0.560. The van der Waals surface area contributed by atoms with E-state index in [1.165, 1.54) is 44.9 Å². The smallest absolute Gasteiger partial charge is 0.223 e. The number of hydrogen-bond donors (Lipinski definition) is 1. The molecule has 1 heterocycles. The highest BCUT2D eigenvalue weighted by atomic mass is 16.2. The molecule has 1 aliphatic heterocycles. The number of rotatable bonds is 3. The van der Waals surface area contributed by atoms with Gasteiger partial charge >= 0.3 is 0 Å². The summed E-state index contributed by atoms with van der Waals surface area (Å²) in [6.45, 7) is 1.70. The van der Waals surface area contributed by atoms with Crippen LogP contribution in [0.2, 0.25) is 0 Å². The molecule has 0 unspecified atom stereocenters. The van der Waals surface area contributed by atoms with Crippen molar-refractivity contribution in [3.63, 3.8) is 0 Å². The fraction of sp³-hybridized carbons (Fsp3) is 0.938. The average Bonchev–Trinajstić information content (AvgIpc) is 2.42. The standard InChI is InChI=1S/C16H28N2O/c17-12-16(8-4-9-16)11-15(19)18-10-3-6-13-5-1-2-7-14(13)18/h13-14H,1-12,17H2/t13-,14-/m1/s1. The van der Waals surface area contributed by atoms with Crippen LogP contribution in [-0.2, 0) is 4.79 Å². The lowest BCUT2D eigenvalue weighted by atomic mass is 9.66. The first-order valence-corrected chi connectivity index (χ1v) is 8.24. The van der Waals surface area contributed by atoms with Gasteiger partial charge in [-0.2, -0.15) is 0 Å². The zero-order valence-electron chi connectivity index (χ0n) is 12.1. The zero-order valence-corrected chi connectivity index (χ0v) is 12.1. The van der Waals surface area contributed by atoms with E-state index in [4.69, 9.17) is 5.73 Å². The third kappa shape index (κ3) is 2.54. The van der Waals surface area contributed by atoms with Gasteiger partial charge in [-0.25, -0.2) is 0 Å². The van der Waals surface area contributed by atoms with Crippen LogP contribution in [0.5, 0.6) is 0 Å². The quantitative estimate of drug-likeness (QED) is 0.852. The Morgan fingerprint density at radius 1 is 1.11 bits per heavy atom. The van der Waals surface area contributed by atoms with Crippen molar-refractivity contribution in [2.24, 2.45) is 17.1 Å². The second-order valence-corrected chi connectivity index (χ2v) is 7.08. The average molecular weight is 264 g/mol. The molecule has 0 spiro atoms. The Morgan fingerprint density at radius 2 is 1.84 bits per heavy atom. The molecule has 1 amide bonds. The summed E-state index contributed by atoms with van der Waals surface area (Å²) in [5, 5.41) is 0. The molecule has 3 heteroatoms. The van der Waals surface area contributed by atoms with Crippen molar-refractivity contribution >= 4 is 5.91 Å². The van der Waals surface area contributed by atoms with Crippen molar-refractivity contribution in [2.45, 2.75) is 70.3 Å². The minimum Gasteiger partial charge on any atom is -0.339 e. The predicted molar refractivity (Wildman–Crippen MR) is 76.6 cm³/mol. The monoisotopic (exact) mass is 264 g/mol. The van der Waals surface area contributed by atoms with Gasteiger partial charge in [0.15, 0.2) is 0 Å². The summed E-state index contributed by atoms with van der Waals surface area (Å²) in [6.07, 6.45) is 12.1. The minimum atomic E-state index is 0.165. The van der Waals surface area contributed by atoms with Gasteiger partial charge < -0.3 is 10.6 Å². The van der Waals surface area contributed by atoms with Gasteiger partial charge in [-0.1, -0.05) is 19.3 Å². The van der Waals surface area contributed by atoms with Gasteiger partial charge in [-0.05, 0) is 56.4 Å². The highest BCUT2D eigenvalue weighted by molar-refractivity contribution is 5.77. The van der Waals surface area contributed by atoms with Crippen LogP contribution in [0.25, 0.3) is 0 Å². The normalized spacial score (nSPS) is 33.4. The van der Waals surface area contributed by atoms with Crippen LogP contribution in [0.1, 0.15) is 64.2 Å². The Morgan fingerprint density at radius 3 is 2.53 bits per heavy atom. The van der Waals surface area contributed by atoms with Crippen molar-refractivity contribution in [3.05, 3.63) is 0 Å². The molecular weight excluding hydrogens is 236 g/mol. The second-order valence-electron chi connectivity index (χ2n) is 7.08. The summed E-state index contributed by atoms with van der Waals surface area (Å²) in [4.78, 5) is 14.9. The molecule has 2 atom stereocenters. The van der Waals surface area contributed by atoms with Crippen LogP contribution in [0.3, 0.4) is 0 Å². The van der Waals surface area contributed by atoms with Gasteiger partial charge in [0.1, 0.15) is 0 Å². The molecule has 2 saturated carbocycles. The van der Waals surface area contributed by atoms with Gasteiger partial charge in [0.05, 0.1) is 0 Å². The maximum Gasteiger partial charge on any atom is 0.223 e. The van der Waals surface area contributed by atoms with Crippen molar-refractivity contribution < 1.29 is 4.79 Å². The van der Waals surface area contributed by atoms with Crippen molar-refractivity contribution in [1.29, 1.82) is 0 Å². The van der Waals surface area contributed by atoms with Gasteiger partial charge in [-0.3, -0.25) is 4.79 Å². The number of piperidine rings is 1. The number of nitrogens with zero attached hydrogens (tertiary/aromatic N) is 1. The lowest BCUT2D eigenvalue weighted by Crippen LogP contribution is -2.52. The van der Waals surface area contributed by atoms with Crippen LogP contribution < -0.4 is 5.73 Å². The number of carbonyl (C=O) groups is 1. The molecule has 0 aromatic heterocycles. The highest BCUT2D eigenvalue weighted by Crippen LogP contribution is 2.44. The van der Waals surface area contributed by atoms with Crippen LogP contribution in [-0.4, -0.2) is 29.9 Å². The van der Waals surface area contributed by atoms with Crippen molar-refractivity contribution in [3.8, 4) is 0 Å². The summed E-state index contributed by atoms with van der Waals surface area (Å²) in [5.74, 6) is 1.20. The number of amides is 1. The second kappa shape index (κ2) is 5.43. The van der Waals surface area contributed by atoms with E-state index in [9.17, 15) is 4.79 Å². The van der Waals surface area contributed by atoms with Crippen molar-refractivity contribution in [1.82, 2.24) is 4.90 Å². The van der Waals surface area contributed by atoms with E-state index in [1.54, 1.807) is 0 Å². The van der Waals surface area contributed by atoms with Crippen LogP contribution >= 0.6 is 0 Å². The minimum absolute atomic E-state index is 0.165. The molecule has 2 aliphatic carbocycles. The summed E-state index contributed by atoms with van der Waals surface area (Å²) >= 11 is 0. The molecule has 0 aromatic rings. The van der Waals surface area contributed by atoms with Crippen LogP contribution in [0.4, 0.5) is 0 Å². The van der Waals surface area contributed by atoms with Gasteiger partial charge in [0.25, 0.3) is 0 Å². The van der Waals surface area contributed by atoms with E-state index >= 15 is 0 Å². The maximum atomic E-state index is 12.7. The fourth-order valence-corrected chi connectivity index (χ4v) is 4.49. The van der Waals surface area contributed by atoms with Crippen molar-refractivity contribution in [2.75, 3.05) is 13.1 Å². The first-order valence-electron chi connectivity index (χ1n) is 8.24. The highest BCUT2D eigenvalue weighted by Gasteiger charge is 2.41. The summed E-state index contributed by atoms with van der Waals surface area (Å²) < 4.78 is 0. The maximum absolute atomic E-state index is 12.7. The Kier molecular flexibility index (Phi) is 3.84. The van der Waals surface area contributed by atoms with E-state index in [-0.39, 0.29) is 5.41 Å². The topological polar surface area (TPSA) is 46.3 Å². The molecule has 3 rings (SSSR count). The van der Waals surface area contributed by atoms with E-state index in [2.05, 4.69) is 4.90 Å². The summed E-state index contributed by atoms with van der Waals surface area (Å²) in [7, 11) is 0. The number of fused-ring (bicyclic) bond motifs is 1. The summed E-state index contributed by atoms with van der Waals surface area (Å²) in [5.41, 5.74) is 6.07. The predicted octanol–water partition coefficient (Wildman–Crippen LogP) is 2.69. The molecule has 0 aromatic carbocycles. The van der Waals surface area contributed by atoms with Gasteiger partial charge in [0.2, 0.25) is 5.91 Å². The lowest BCUT2D eigenvalue weighted by Gasteiger charge is -2.47. The molecule has 1 saturated heterocycles. The first kappa shape index (κ1) is 13.4. The Balaban J connectivity index is 1.64. The molecular formula is C16H28N2O. The Labute approximate surface area is 116 Å². The Hall–Kier alpha value is -0.570. The number of carbonyl (C=O) groups excluding carboxylic acids is 1. The molecule has 3 aliphatic rings. The third-order valence-electron chi connectivity index (χ3n) is 5.94. The molecule has 108 valence electrons. The largest absolute Gasteiger partial charge is 0.339 e. The van der Waals surface area contributed by atoms with Crippen LogP contribution in [0.15, 0.2) is 0 Å². The van der Waals surface area contributed by atoms with E-state index in [1.807, 2.05) is 0 Å². The SMILES string of the molecule is NCC1(CC(=O)N2CCC[C@H]3CCCC[C@H]32)CCC1. The van der Waals surface area contributed by atoms with Crippen LogP contribution in [0, 0.1) is 11.3 Å². The fourth-order valence-electron chi connectivity index (χ4n) is 4.49.